The molecule has 1 aromatic carbocycles. The molecule has 1 N–H and O–H groups in total. The molecule has 106 valence electrons. The Morgan fingerprint density at radius 2 is 1.80 bits per heavy atom. The fraction of sp³-hybridized carbons (Fsp3) is 0.214. The van der Waals surface area contributed by atoms with Crippen molar-refractivity contribution in [1.82, 2.24) is 4.98 Å². The summed E-state index contributed by atoms with van der Waals surface area (Å²) in [6, 6.07) is 7.59. The minimum atomic E-state index is 0.433. The minimum Gasteiger partial charge on any atom is -0.497 e. The number of methoxy groups -OCH3 is 2. The van der Waals surface area contributed by atoms with Gasteiger partial charge in [0.2, 0.25) is 0 Å². The van der Waals surface area contributed by atoms with Gasteiger partial charge in [0.15, 0.2) is 5.15 Å². The molecule has 0 spiro atoms. The van der Waals surface area contributed by atoms with Crippen molar-refractivity contribution in [1.29, 1.82) is 0 Å². The lowest BCUT2D eigenvalue weighted by atomic mass is 10.2. The summed E-state index contributed by atoms with van der Waals surface area (Å²) in [4.78, 5) is 4.07. The lowest BCUT2D eigenvalue weighted by molar-refractivity contribution is 0.393. The van der Waals surface area contributed by atoms with Gasteiger partial charge < -0.3 is 14.8 Å². The van der Waals surface area contributed by atoms with Crippen LogP contribution in [-0.2, 0) is 6.54 Å². The maximum atomic E-state index is 6.04. The van der Waals surface area contributed by atoms with Gasteiger partial charge in [-0.15, -0.1) is 0 Å². The largest absolute Gasteiger partial charge is 0.497 e. The fourth-order valence-electron chi connectivity index (χ4n) is 1.71. The molecule has 0 fully saturated rings. The molecular formula is C14H14BrClN2O2. The summed E-state index contributed by atoms with van der Waals surface area (Å²) in [6.07, 6.45) is 1.65. The summed E-state index contributed by atoms with van der Waals surface area (Å²) >= 11 is 9.40. The van der Waals surface area contributed by atoms with Crippen molar-refractivity contribution in [2.75, 3.05) is 19.5 Å². The van der Waals surface area contributed by atoms with E-state index in [4.69, 9.17) is 21.1 Å². The molecule has 1 heterocycles. The quantitative estimate of drug-likeness (QED) is 0.817. The molecule has 0 bridgehead atoms. The molecule has 0 aliphatic rings. The summed E-state index contributed by atoms with van der Waals surface area (Å²) in [5.41, 5.74) is 1.79. The van der Waals surface area contributed by atoms with Crippen molar-refractivity contribution >= 4 is 33.2 Å². The number of benzene rings is 1. The zero-order chi connectivity index (χ0) is 14.5. The van der Waals surface area contributed by atoms with Crippen molar-refractivity contribution in [3.8, 4) is 11.5 Å². The first-order valence-corrected chi connectivity index (χ1v) is 7.06. The molecule has 0 amide bonds. The van der Waals surface area contributed by atoms with Gasteiger partial charge >= 0.3 is 0 Å². The van der Waals surface area contributed by atoms with Gasteiger partial charge in [0.05, 0.1) is 19.9 Å². The first-order valence-electron chi connectivity index (χ1n) is 5.89. The molecule has 6 heteroatoms. The third kappa shape index (κ3) is 3.77. The van der Waals surface area contributed by atoms with Crippen LogP contribution in [0.15, 0.2) is 34.9 Å². The van der Waals surface area contributed by atoms with Crippen LogP contribution >= 0.6 is 27.5 Å². The Bertz CT molecular complexity index is 585. The van der Waals surface area contributed by atoms with E-state index in [1.807, 2.05) is 24.3 Å². The number of anilines is 1. The van der Waals surface area contributed by atoms with Crippen LogP contribution in [0.25, 0.3) is 0 Å². The van der Waals surface area contributed by atoms with Gasteiger partial charge in [-0.1, -0.05) is 11.6 Å². The Balaban J connectivity index is 2.16. The van der Waals surface area contributed by atoms with Gasteiger partial charge in [0.1, 0.15) is 11.5 Å². The zero-order valence-electron chi connectivity index (χ0n) is 11.1. The molecule has 4 nitrogen and oxygen atoms in total. The van der Waals surface area contributed by atoms with E-state index in [1.165, 1.54) is 0 Å². The highest BCUT2D eigenvalue weighted by atomic mass is 79.9. The Kier molecular flexibility index (Phi) is 5.09. The van der Waals surface area contributed by atoms with Crippen LogP contribution in [0.2, 0.25) is 5.15 Å². The summed E-state index contributed by atoms with van der Waals surface area (Å²) in [6.45, 7) is 0.589. The van der Waals surface area contributed by atoms with Gasteiger partial charge in [-0.2, -0.15) is 0 Å². The zero-order valence-corrected chi connectivity index (χ0v) is 13.5. The molecular weight excluding hydrogens is 344 g/mol. The lowest BCUT2D eigenvalue weighted by Crippen LogP contribution is -2.01. The van der Waals surface area contributed by atoms with Gasteiger partial charge in [0, 0.05) is 23.3 Å². The van der Waals surface area contributed by atoms with Crippen molar-refractivity contribution in [2.45, 2.75) is 6.54 Å². The minimum absolute atomic E-state index is 0.433. The predicted molar refractivity (Wildman–Crippen MR) is 83.8 cm³/mol. The molecule has 2 rings (SSSR count). The standard InChI is InChI=1S/C14H14BrClN2O2/c1-19-11-3-9(4-12(6-11)20-2)7-17-13-5-10(15)8-18-14(13)16/h3-6,8,17H,7H2,1-2H3. The average Bonchev–Trinajstić information content (AvgIpc) is 2.47. The molecule has 0 aliphatic carbocycles. The van der Waals surface area contributed by atoms with E-state index in [9.17, 15) is 0 Å². The molecule has 1 aromatic heterocycles. The Morgan fingerprint density at radius 1 is 1.15 bits per heavy atom. The lowest BCUT2D eigenvalue weighted by Gasteiger charge is -2.11. The molecule has 20 heavy (non-hydrogen) atoms. The third-order valence-corrected chi connectivity index (χ3v) is 3.43. The molecule has 0 atom stereocenters. The van der Waals surface area contributed by atoms with Crippen molar-refractivity contribution in [3.05, 3.63) is 45.7 Å². The predicted octanol–water partition coefficient (Wildman–Crippen LogP) is 4.13. The number of rotatable bonds is 5. The molecule has 0 radical (unpaired) electrons. The summed E-state index contributed by atoms with van der Waals surface area (Å²) < 4.78 is 11.3. The number of nitrogens with zero attached hydrogens (tertiary/aromatic N) is 1. The highest BCUT2D eigenvalue weighted by Gasteiger charge is 2.05. The molecule has 0 saturated carbocycles. The van der Waals surface area contributed by atoms with Crippen LogP contribution in [-0.4, -0.2) is 19.2 Å². The number of hydrogen-bond donors (Lipinski definition) is 1. The molecule has 0 unspecified atom stereocenters. The second-order valence-electron chi connectivity index (χ2n) is 4.07. The summed E-state index contributed by atoms with van der Waals surface area (Å²) in [5, 5.41) is 3.67. The normalized spacial score (nSPS) is 10.2. The van der Waals surface area contributed by atoms with Crippen molar-refractivity contribution in [2.24, 2.45) is 0 Å². The van der Waals surface area contributed by atoms with Gasteiger partial charge in [-0.25, -0.2) is 4.98 Å². The van der Waals surface area contributed by atoms with Gasteiger partial charge in [-0.05, 0) is 39.7 Å². The van der Waals surface area contributed by atoms with E-state index in [2.05, 4.69) is 26.2 Å². The average molecular weight is 358 g/mol. The van der Waals surface area contributed by atoms with E-state index in [0.29, 0.717) is 11.7 Å². The Morgan fingerprint density at radius 3 is 2.40 bits per heavy atom. The smallest absolute Gasteiger partial charge is 0.152 e. The SMILES string of the molecule is COc1cc(CNc2cc(Br)cnc2Cl)cc(OC)c1. The van der Waals surface area contributed by atoms with Crippen LogP contribution in [0.5, 0.6) is 11.5 Å². The van der Waals surface area contributed by atoms with E-state index in [1.54, 1.807) is 20.4 Å². The number of nitrogens with one attached hydrogen (secondary N) is 1. The van der Waals surface area contributed by atoms with E-state index in [0.717, 1.165) is 27.2 Å². The molecule has 0 aliphatic heterocycles. The first-order chi connectivity index (χ1) is 9.62. The molecule has 0 saturated heterocycles. The van der Waals surface area contributed by atoms with Crippen LogP contribution < -0.4 is 14.8 Å². The number of ether oxygens (including phenoxy) is 2. The second-order valence-corrected chi connectivity index (χ2v) is 5.34. The first kappa shape index (κ1) is 14.9. The van der Waals surface area contributed by atoms with Gasteiger partial charge in [0.25, 0.3) is 0 Å². The van der Waals surface area contributed by atoms with E-state index < -0.39 is 0 Å². The van der Waals surface area contributed by atoms with E-state index >= 15 is 0 Å². The van der Waals surface area contributed by atoms with Crippen molar-refractivity contribution < 1.29 is 9.47 Å². The number of pyridine rings is 1. The van der Waals surface area contributed by atoms with Crippen LogP contribution in [0.1, 0.15) is 5.56 Å². The van der Waals surface area contributed by atoms with Crippen LogP contribution in [0, 0.1) is 0 Å². The van der Waals surface area contributed by atoms with E-state index in [-0.39, 0.29) is 0 Å². The molecule has 2 aromatic rings. The maximum Gasteiger partial charge on any atom is 0.152 e. The fourth-order valence-corrected chi connectivity index (χ4v) is 2.21. The summed E-state index contributed by atoms with van der Waals surface area (Å²) in [7, 11) is 3.25. The summed E-state index contributed by atoms with van der Waals surface area (Å²) in [5.74, 6) is 1.50. The number of hydrogen-bond acceptors (Lipinski definition) is 4. The van der Waals surface area contributed by atoms with Gasteiger partial charge in [-0.3, -0.25) is 0 Å². The van der Waals surface area contributed by atoms with Crippen LogP contribution in [0.4, 0.5) is 5.69 Å². The van der Waals surface area contributed by atoms with Crippen molar-refractivity contribution in [3.63, 3.8) is 0 Å². The maximum absolute atomic E-state index is 6.04. The highest BCUT2D eigenvalue weighted by Crippen LogP contribution is 2.26. The third-order valence-electron chi connectivity index (χ3n) is 2.70. The number of aromatic nitrogens is 1. The van der Waals surface area contributed by atoms with Crippen LogP contribution in [0.3, 0.4) is 0 Å². The second kappa shape index (κ2) is 6.81. The topological polar surface area (TPSA) is 43.4 Å². The Hall–Kier alpha value is -1.46. The number of halogens is 2. The monoisotopic (exact) mass is 356 g/mol. The Labute approximate surface area is 131 Å². The highest BCUT2D eigenvalue weighted by molar-refractivity contribution is 9.10.